The Morgan fingerprint density at radius 2 is 2.25 bits per heavy atom. The zero-order valence-corrected chi connectivity index (χ0v) is 11.6. The van der Waals surface area contributed by atoms with Crippen molar-refractivity contribution >= 4 is 11.7 Å². The lowest BCUT2D eigenvalue weighted by Crippen LogP contribution is -2.67. The molecule has 3 N–H and O–H groups in total. The average Bonchev–Trinajstić information content (AvgIpc) is 2.35. The van der Waals surface area contributed by atoms with E-state index in [-0.39, 0.29) is 35.0 Å². The first-order chi connectivity index (χ1) is 9.67. The Hall–Kier alpha value is -1.69. The first kappa shape index (κ1) is 13.3. The number of nitrogen functional groups attached to an aromatic ring is 1. The zero-order chi connectivity index (χ0) is 14.2. The number of nitrogens with one attached hydrogen (secondary N) is 1. The lowest BCUT2D eigenvalue weighted by molar-refractivity contribution is -0.169. The van der Waals surface area contributed by atoms with Gasteiger partial charge in [0, 0.05) is 30.5 Å². The van der Waals surface area contributed by atoms with Crippen LogP contribution in [0.15, 0.2) is 12.4 Å². The second-order valence-corrected chi connectivity index (χ2v) is 5.58. The number of carbonyl (C=O) groups is 1. The zero-order valence-electron chi connectivity index (χ0n) is 11.6. The molecule has 1 aromatic rings. The van der Waals surface area contributed by atoms with Crippen molar-refractivity contribution in [3.63, 3.8) is 0 Å². The molecule has 2 saturated carbocycles. The van der Waals surface area contributed by atoms with E-state index in [2.05, 4.69) is 15.3 Å². The van der Waals surface area contributed by atoms with E-state index in [1.54, 1.807) is 0 Å². The molecule has 0 aromatic carbocycles. The van der Waals surface area contributed by atoms with Gasteiger partial charge in [-0.1, -0.05) is 6.42 Å². The van der Waals surface area contributed by atoms with Crippen LogP contribution in [-0.2, 0) is 4.74 Å². The molecular formula is C14H20N4O2. The second kappa shape index (κ2) is 5.01. The van der Waals surface area contributed by atoms with Crippen molar-refractivity contribution in [3.05, 3.63) is 18.1 Å². The maximum absolute atomic E-state index is 12.2. The number of aromatic nitrogens is 2. The average molecular weight is 276 g/mol. The Morgan fingerprint density at radius 1 is 1.50 bits per heavy atom. The number of hydrogen-bond donors (Lipinski definition) is 2. The molecule has 2 aliphatic rings. The topological polar surface area (TPSA) is 90.1 Å². The lowest BCUT2D eigenvalue weighted by atomic mass is 9.51. The number of ether oxygens (including phenoxy) is 1. The number of nitrogens with zero attached hydrogens (tertiary/aromatic N) is 2. The smallest absolute Gasteiger partial charge is 0.273 e. The van der Waals surface area contributed by atoms with E-state index < -0.39 is 0 Å². The number of nitrogens with two attached hydrogens (primary N) is 1. The van der Waals surface area contributed by atoms with Gasteiger partial charge in [0.2, 0.25) is 0 Å². The second-order valence-electron chi connectivity index (χ2n) is 5.58. The van der Waals surface area contributed by atoms with Gasteiger partial charge in [-0.05, 0) is 26.2 Å². The highest BCUT2D eigenvalue weighted by molar-refractivity contribution is 5.96. The van der Waals surface area contributed by atoms with Crippen molar-refractivity contribution in [2.75, 3.05) is 12.3 Å². The highest BCUT2D eigenvalue weighted by atomic mass is 16.5. The Balaban J connectivity index is 1.67. The monoisotopic (exact) mass is 276 g/mol. The Bertz CT molecular complexity index is 516. The van der Waals surface area contributed by atoms with E-state index in [1.807, 2.05) is 6.92 Å². The summed E-state index contributed by atoms with van der Waals surface area (Å²) in [6.45, 7) is 2.74. The molecular weight excluding hydrogens is 256 g/mol. The van der Waals surface area contributed by atoms with Gasteiger partial charge in [0.15, 0.2) is 11.5 Å². The predicted molar refractivity (Wildman–Crippen MR) is 74.0 cm³/mol. The van der Waals surface area contributed by atoms with Crippen molar-refractivity contribution in [1.82, 2.24) is 15.3 Å². The minimum atomic E-state index is -0.234. The molecule has 0 aliphatic heterocycles. The van der Waals surface area contributed by atoms with Gasteiger partial charge in [0.05, 0.1) is 6.10 Å². The highest BCUT2D eigenvalue weighted by Crippen LogP contribution is 2.57. The van der Waals surface area contributed by atoms with Gasteiger partial charge < -0.3 is 15.8 Å². The Morgan fingerprint density at radius 3 is 2.85 bits per heavy atom. The molecule has 2 unspecified atom stereocenters. The summed E-state index contributed by atoms with van der Waals surface area (Å²) in [6, 6.07) is 0.168. The highest BCUT2D eigenvalue weighted by Gasteiger charge is 2.59. The van der Waals surface area contributed by atoms with Gasteiger partial charge in [-0.25, -0.2) is 9.97 Å². The SMILES string of the molecule is CCOC1CC(NC(=O)c2nccnc2N)C12CCC2. The van der Waals surface area contributed by atoms with Crippen LogP contribution < -0.4 is 11.1 Å². The fourth-order valence-electron chi connectivity index (χ4n) is 3.39. The summed E-state index contributed by atoms with van der Waals surface area (Å²) in [5.41, 5.74) is 6.04. The van der Waals surface area contributed by atoms with Gasteiger partial charge >= 0.3 is 0 Å². The fraction of sp³-hybridized carbons (Fsp3) is 0.643. The number of carbonyl (C=O) groups excluding carboxylic acids is 1. The Labute approximate surface area is 118 Å². The minimum Gasteiger partial charge on any atom is -0.382 e. The maximum Gasteiger partial charge on any atom is 0.273 e. The Kier molecular flexibility index (Phi) is 3.33. The molecule has 1 heterocycles. The predicted octanol–water partition coefficient (Wildman–Crippen LogP) is 1.14. The van der Waals surface area contributed by atoms with E-state index in [0.717, 1.165) is 25.9 Å². The number of hydrogen-bond acceptors (Lipinski definition) is 5. The number of amides is 1. The van der Waals surface area contributed by atoms with Crippen molar-refractivity contribution in [3.8, 4) is 0 Å². The molecule has 6 nitrogen and oxygen atoms in total. The van der Waals surface area contributed by atoms with E-state index in [4.69, 9.17) is 10.5 Å². The fourth-order valence-corrected chi connectivity index (χ4v) is 3.39. The third-order valence-electron chi connectivity index (χ3n) is 4.68. The van der Waals surface area contributed by atoms with Gasteiger partial charge in [-0.15, -0.1) is 0 Å². The van der Waals surface area contributed by atoms with Crippen LogP contribution in [0.2, 0.25) is 0 Å². The summed E-state index contributed by atoms with van der Waals surface area (Å²) in [7, 11) is 0. The van der Waals surface area contributed by atoms with Crippen LogP contribution in [-0.4, -0.2) is 34.6 Å². The normalized spacial score (nSPS) is 26.6. The van der Waals surface area contributed by atoms with Gasteiger partial charge in [-0.3, -0.25) is 4.79 Å². The molecule has 0 radical (unpaired) electrons. The van der Waals surface area contributed by atoms with Crippen molar-refractivity contribution in [1.29, 1.82) is 0 Å². The third-order valence-corrected chi connectivity index (χ3v) is 4.68. The molecule has 20 heavy (non-hydrogen) atoms. The van der Waals surface area contributed by atoms with Crippen molar-refractivity contribution < 1.29 is 9.53 Å². The molecule has 6 heteroatoms. The van der Waals surface area contributed by atoms with E-state index in [9.17, 15) is 4.79 Å². The summed E-state index contributed by atoms with van der Waals surface area (Å²) < 4.78 is 5.77. The molecule has 1 aromatic heterocycles. The number of rotatable bonds is 4. The van der Waals surface area contributed by atoms with Crippen LogP contribution in [0.5, 0.6) is 0 Å². The standard InChI is InChI=1S/C14H20N4O2/c1-2-20-10-8-9(14(10)4-3-5-14)18-13(19)11-12(15)17-7-6-16-11/h6-7,9-10H,2-5,8H2,1H3,(H2,15,17)(H,18,19). The molecule has 2 aliphatic carbocycles. The molecule has 1 amide bonds. The van der Waals surface area contributed by atoms with E-state index in [1.165, 1.54) is 18.8 Å². The molecule has 1 spiro atoms. The van der Waals surface area contributed by atoms with Gasteiger partial charge in [0.1, 0.15) is 0 Å². The van der Waals surface area contributed by atoms with Crippen molar-refractivity contribution in [2.45, 2.75) is 44.8 Å². The first-order valence-corrected chi connectivity index (χ1v) is 7.16. The summed E-state index contributed by atoms with van der Waals surface area (Å²) >= 11 is 0. The molecule has 108 valence electrons. The first-order valence-electron chi connectivity index (χ1n) is 7.16. The van der Waals surface area contributed by atoms with Crippen LogP contribution in [0.25, 0.3) is 0 Å². The van der Waals surface area contributed by atoms with Crippen LogP contribution >= 0.6 is 0 Å². The minimum absolute atomic E-state index is 0.142. The largest absolute Gasteiger partial charge is 0.382 e. The summed E-state index contributed by atoms with van der Waals surface area (Å²) in [6.07, 6.45) is 7.58. The quantitative estimate of drug-likeness (QED) is 0.860. The van der Waals surface area contributed by atoms with Gasteiger partial charge in [0.25, 0.3) is 5.91 Å². The summed E-state index contributed by atoms with van der Waals surface area (Å²) in [4.78, 5) is 20.1. The molecule has 3 rings (SSSR count). The van der Waals surface area contributed by atoms with E-state index in [0.29, 0.717) is 0 Å². The van der Waals surface area contributed by atoms with Crippen LogP contribution in [0, 0.1) is 5.41 Å². The summed E-state index contributed by atoms with van der Waals surface area (Å²) in [5, 5.41) is 3.05. The molecule has 0 saturated heterocycles. The summed E-state index contributed by atoms with van der Waals surface area (Å²) in [5.74, 6) is -0.0600. The van der Waals surface area contributed by atoms with Crippen LogP contribution in [0.4, 0.5) is 5.82 Å². The molecule has 2 atom stereocenters. The van der Waals surface area contributed by atoms with Crippen LogP contribution in [0.1, 0.15) is 43.1 Å². The molecule has 2 fully saturated rings. The lowest BCUT2D eigenvalue weighted by Gasteiger charge is -2.60. The molecule has 0 bridgehead atoms. The number of anilines is 1. The van der Waals surface area contributed by atoms with E-state index >= 15 is 0 Å². The maximum atomic E-state index is 12.2. The van der Waals surface area contributed by atoms with Crippen LogP contribution in [0.3, 0.4) is 0 Å². The van der Waals surface area contributed by atoms with Gasteiger partial charge in [-0.2, -0.15) is 0 Å². The third kappa shape index (κ3) is 1.95. The van der Waals surface area contributed by atoms with Crippen molar-refractivity contribution in [2.24, 2.45) is 5.41 Å².